The molecule has 3 heterocycles. The van der Waals surface area contributed by atoms with Crippen LogP contribution in [0.4, 0.5) is 17.2 Å². The second kappa shape index (κ2) is 13.4. The average molecular weight is 654 g/mol. The molecule has 3 unspecified atom stereocenters. The highest BCUT2D eigenvalue weighted by molar-refractivity contribution is 6.06. The SMILES string of the molecule is O=C(Nc1ncnc2c1ncn2C1CC(OC(=O)c2ccc([N+](=O)[O-])cc2)C(COC(=O)c2ccc([N+](=O)[O-])cc2)O1)c1ccccc1. The van der Waals surface area contributed by atoms with Gasteiger partial charge in [-0.15, -0.1) is 0 Å². The number of amides is 1. The van der Waals surface area contributed by atoms with Crippen molar-refractivity contribution in [3.05, 3.63) is 128 Å². The molecular formula is C31H23N7O10. The highest BCUT2D eigenvalue weighted by Crippen LogP contribution is 2.34. The van der Waals surface area contributed by atoms with Crippen LogP contribution in [-0.2, 0) is 14.2 Å². The fourth-order valence-corrected chi connectivity index (χ4v) is 4.95. The van der Waals surface area contributed by atoms with Gasteiger partial charge in [-0.1, -0.05) is 18.2 Å². The molecule has 1 N–H and O–H groups in total. The Morgan fingerprint density at radius 3 is 2.08 bits per heavy atom. The van der Waals surface area contributed by atoms with Crippen LogP contribution in [0.3, 0.4) is 0 Å². The van der Waals surface area contributed by atoms with Crippen molar-refractivity contribution in [2.45, 2.75) is 24.9 Å². The van der Waals surface area contributed by atoms with Gasteiger partial charge in [0.15, 0.2) is 17.0 Å². The molecule has 17 nitrogen and oxygen atoms in total. The van der Waals surface area contributed by atoms with Gasteiger partial charge in [0, 0.05) is 36.2 Å². The molecule has 0 radical (unpaired) electrons. The quantitative estimate of drug-likeness (QED) is 0.127. The smallest absolute Gasteiger partial charge is 0.338 e. The van der Waals surface area contributed by atoms with Gasteiger partial charge in [-0.25, -0.2) is 24.5 Å². The first-order valence-corrected chi connectivity index (χ1v) is 14.2. The number of benzene rings is 3. The molecule has 1 fully saturated rings. The number of nitrogens with zero attached hydrogens (tertiary/aromatic N) is 6. The van der Waals surface area contributed by atoms with Crippen LogP contribution < -0.4 is 5.32 Å². The van der Waals surface area contributed by atoms with Crippen molar-refractivity contribution in [3.8, 4) is 0 Å². The van der Waals surface area contributed by atoms with E-state index in [-0.39, 0.29) is 46.9 Å². The van der Waals surface area contributed by atoms with Crippen LogP contribution in [0.2, 0.25) is 0 Å². The summed E-state index contributed by atoms with van der Waals surface area (Å²) in [6.45, 7) is -0.371. The maximum absolute atomic E-state index is 13.1. The standard InChI is InChI=1S/C31H23N7O10/c39-29(18-4-2-1-3-5-18)35-27-26-28(33-16-32-27)36(17-34-26)25-14-23(48-31(41)20-8-12-22(13-9-20)38(44)45)24(47-25)15-46-30(40)19-6-10-21(11-7-19)37(42)43/h1-13,16-17,23-25H,14-15H2,(H,32,33,35,39). The molecule has 0 spiro atoms. The molecule has 3 aromatic carbocycles. The van der Waals surface area contributed by atoms with E-state index in [1.807, 2.05) is 0 Å². The second-order valence-corrected chi connectivity index (χ2v) is 10.4. The van der Waals surface area contributed by atoms with E-state index in [1.54, 1.807) is 34.9 Å². The van der Waals surface area contributed by atoms with Crippen LogP contribution in [0.15, 0.2) is 91.5 Å². The number of aromatic nitrogens is 4. The molecule has 48 heavy (non-hydrogen) atoms. The minimum absolute atomic E-state index is 0.0466. The number of rotatable bonds is 10. The maximum Gasteiger partial charge on any atom is 0.338 e. The number of anilines is 1. The summed E-state index contributed by atoms with van der Waals surface area (Å²) in [5.74, 6) is -1.85. The minimum Gasteiger partial charge on any atom is -0.459 e. The third-order valence-corrected chi connectivity index (χ3v) is 7.38. The maximum atomic E-state index is 13.1. The van der Waals surface area contributed by atoms with E-state index in [4.69, 9.17) is 14.2 Å². The Morgan fingerprint density at radius 2 is 1.46 bits per heavy atom. The van der Waals surface area contributed by atoms with Gasteiger partial charge in [0.25, 0.3) is 17.3 Å². The Balaban J connectivity index is 1.22. The van der Waals surface area contributed by atoms with E-state index in [0.717, 1.165) is 12.1 Å². The van der Waals surface area contributed by atoms with E-state index in [1.165, 1.54) is 49.1 Å². The molecule has 242 valence electrons. The Labute approximate surface area is 269 Å². The Morgan fingerprint density at radius 1 is 0.833 bits per heavy atom. The van der Waals surface area contributed by atoms with Crippen LogP contribution in [0.5, 0.6) is 0 Å². The van der Waals surface area contributed by atoms with Crippen LogP contribution in [-0.4, -0.2) is 66.0 Å². The number of hydrogen-bond donors (Lipinski definition) is 1. The van der Waals surface area contributed by atoms with Gasteiger partial charge in [-0.05, 0) is 36.4 Å². The molecule has 1 saturated heterocycles. The summed E-state index contributed by atoms with van der Waals surface area (Å²) in [5.41, 5.74) is 0.653. The van der Waals surface area contributed by atoms with Crippen molar-refractivity contribution in [2.75, 3.05) is 11.9 Å². The van der Waals surface area contributed by atoms with Crippen LogP contribution >= 0.6 is 0 Å². The molecule has 2 aromatic heterocycles. The van der Waals surface area contributed by atoms with Gasteiger partial charge in [0.1, 0.15) is 31.4 Å². The number of nitrogens with one attached hydrogen (secondary N) is 1. The second-order valence-electron chi connectivity index (χ2n) is 10.4. The molecule has 0 saturated carbocycles. The number of esters is 2. The monoisotopic (exact) mass is 653 g/mol. The summed E-state index contributed by atoms with van der Waals surface area (Å²) in [5, 5.41) is 24.7. The molecule has 1 aliphatic heterocycles. The van der Waals surface area contributed by atoms with Gasteiger partial charge in [0.2, 0.25) is 0 Å². The predicted molar refractivity (Wildman–Crippen MR) is 164 cm³/mol. The summed E-state index contributed by atoms with van der Waals surface area (Å²) in [6, 6.07) is 18.2. The molecule has 1 amide bonds. The highest BCUT2D eigenvalue weighted by atomic mass is 16.6. The fourth-order valence-electron chi connectivity index (χ4n) is 4.95. The van der Waals surface area contributed by atoms with Crippen molar-refractivity contribution >= 4 is 46.2 Å². The summed E-state index contributed by atoms with van der Waals surface area (Å²) in [4.78, 5) is 72.2. The number of nitro benzene ring substituents is 2. The van der Waals surface area contributed by atoms with Crippen molar-refractivity contribution in [1.29, 1.82) is 0 Å². The molecule has 0 bridgehead atoms. The lowest BCUT2D eigenvalue weighted by Gasteiger charge is -2.19. The minimum atomic E-state index is -0.990. The average Bonchev–Trinajstić information content (AvgIpc) is 3.72. The van der Waals surface area contributed by atoms with Crippen molar-refractivity contribution in [2.24, 2.45) is 0 Å². The van der Waals surface area contributed by atoms with E-state index in [9.17, 15) is 34.6 Å². The van der Waals surface area contributed by atoms with Crippen molar-refractivity contribution in [1.82, 2.24) is 19.5 Å². The lowest BCUT2D eigenvalue weighted by molar-refractivity contribution is -0.385. The number of non-ortho nitro benzene ring substituents is 2. The Hall–Kier alpha value is -6.62. The molecule has 6 rings (SSSR count). The number of imidazole rings is 1. The van der Waals surface area contributed by atoms with Crippen molar-refractivity contribution in [3.63, 3.8) is 0 Å². The summed E-state index contributed by atoms with van der Waals surface area (Å²) in [6.07, 6.45) is -0.0803. The van der Waals surface area contributed by atoms with E-state index < -0.39 is 46.1 Å². The topological polar surface area (TPSA) is 221 Å². The molecule has 1 aliphatic rings. The van der Waals surface area contributed by atoms with Gasteiger partial charge < -0.3 is 19.5 Å². The molecular weight excluding hydrogens is 630 g/mol. The van der Waals surface area contributed by atoms with Crippen LogP contribution in [0.1, 0.15) is 43.7 Å². The number of ether oxygens (including phenoxy) is 3. The van der Waals surface area contributed by atoms with Crippen LogP contribution in [0.25, 0.3) is 11.2 Å². The molecule has 3 atom stereocenters. The van der Waals surface area contributed by atoms with Gasteiger partial charge >= 0.3 is 11.9 Å². The van der Waals surface area contributed by atoms with E-state index in [2.05, 4.69) is 20.3 Å². The summed E-state index contributed by atoms with van der Waals surface area (Å²) >= 11 is 0. The fraction of sp³-hybridized carbons (Fsp3) is 0.161. The van der Waals surface area contributed by atoms with Gasteiger partial charge in [-0.3, -0.25) is 29.6 Å². The Bertz CT molecular complexity index is 2020. The zero-order valence-electron chi connectivity index (χ0n) is 24.6. The highest BCUT2D eigenvalue weighted by Gasteiger charge is 2.41. The zero-order chi connectivity index (χ0) is 33.8. The van der Waals surface area contributed by atoms with Gasteiger partial charge in [0.05, 0.1) is 27.3 Å². The first-order valence-electron chi connectivity index (χ1n) is 14.2. The van der Waals surface area contributed by atoms with E-state index in [0.29, 0.717) is 11.2 Å². The number of nitro groups is 2. The lowest BCUT2D eigenvalue weighted by atomic mass is 10.1. The van der Waals surface area contributed by atoms with Gasteiger partial charge in [-0.2, -0.15) is 0 Å². The number of carbonyl (C=O) groups is 3. The number of fused-ring (bicyclic) bond motifs is 1. The lowest BCUT2D eigenvalue weighted by Crippen LogP contribution is -2.32. The largest absolute Gasteiger partial charge is 0.459 e. The normalized spacial score (nSPS) is 17.0. The zero-order valence-corrected chi connectivity index (χ0v) is 24.6. The van der Waals surface area contributed by atoms with Crippen molar-refractivity contribution < 1.29 is 38.4 Å². The third-order valence-electron chi connectivity index (χ3n) is 7.38. The third kappa shape index (κ3) is 6.65. The van der Waals surface area contributed by atoms with Crippen LogP contribution in [0, 0.1) is 20.2 Å². The Kier molecular flexibility index (Phi) is 8.75. The first-order chi connectivity index (χ1) is 23.2. The molecule has 0 aliphatic carbocycles. The summed E-state index contributed by atoms with van der Waals surface area (Å²) in [7, 11) is 0. The number of hydrogen-bond acceptors (Lipinski definition) is 13. The molecule has 17 heteroatoms. The number of carbonyl (C=O) groups excluding carboxylic acids is 3. The summed E-state index contributed by atoms with van der Waals surface area (Å²) < 4.78 is 18.9. The van der Waals surface area contributed by atoms with E-state index >= 15 is 0 Å². The predicted octanol–water partition coefficient (Wildman–Crippen LogP) is 4.27. The molecule has 5 aromatic rings. The first kappa shape index (κ1) is 31.4.